The first-order valence-corrected chi connectivity index (χ1v) is 19.2. The van der Waals surface area contributed by atoms with Crippen LogP contribution in [0, 0.1) is 16.3 Å². The molecular weight excluding hydrogens is 769 g/mol. The highest BCUT2D eigenvalue weighted by atomic mass is 127. The van der Waals surface area contributed by atoms with Crippen molar-refractivity contribution in [3.63, 3.8) is 0 Å². The summed E-state index contributed by atoms with van der Waals surface area (Å²) in [5.74, 6) is -7.68. The molecule has 0 heterocycles. The summed E-state index contributed by atoms with van der Waals surface area (Å²) in [6.07, 6.45) is -3.74. The van der Waals surface area contributed by atoms with Gasteiger partial charge in [-0.2, -0.15) is 22.0 Å². The quantitative estimate of drug-likeness (QED) is 0.0876. The molecule has 0 aliphatic heterocycles. The minimum atomic E-state index is -4.79. The molecule has 1 saturated carbocycles. The number of hydrogen-bond acceptors (Lipinski definition) is 4. The maximum absolute atomic E-state index is 15.5. The molecule has 0 bridgehead atoms. The largest absolute Gasteiger partial charge is 0.456 e. The van der Waals surface area contributed by atoms with Crippen LogP contribution >= 0.6 is 22.6 Å². The molecule has 0 atom stereocenters. The molecule has 3 aromatic carbocycles. The number of anilines is 1. The number of amides is 2. The van der Waals surface area contributed by atoms with E-state index in [1.165, 1.54) is 31.2 Å². The molecule has 0 radical (unpaired) electrons. The van der Waals surface area contributed by atoms with Crippen LogP contribution < -0.4 is 15.4 Å². The first-order chi connectivity index (χ1) is 22.1. The van der Waals surface area contributed by atoms with E-state index in [0.717, 1.165) is 18.2 Å². The van der Waals surface area contributed by atoms with E-state index in [4.69, 9.17) is 9.16 Å². The first-order valence-electron chi connectivity index (χ1n) is 15.2. The number of hydrogen-bond donors (Lipinski definition) is 2. The molecule has 1 fully saturated rings. The second-order valence-corrected chi connectivity index (χ2v) is 19.3. The Morgan fingerprint density at radius 2 is 1.60 bits per heavy atom. The second-order valence-electron chi connectivity index (χ2n) is 13.3. The van der Waals surface area contributed by atoms with Gasteiger partial charge in [-0.25, -0.2) is 4.39 Å². The van der Waals surface area contributed by atoms with Gasteiger partial charge >= 0.3 is 12.1 Å². The third kappa shape index (κ3) is 8.72. The minimum Gasteiger partial charge on any atom is -0.456 e. The third-order valence-electron chi connectivity index (χ3n) is 8.58. The molecule has 0 spiro atoms. The predicted molar refractivity (Wildman–Crippen MR) is 182 cm³/mol. The molecule has 4 rings (SSSR count). The van der Waals surface area contributed by atoms with Crippen molar-refractivity contribution in [2.75, 3.05) is 18.5 Å². The summed E-state index contributed by atoms with van der Waals surface area (Å²) >= 11 is 1.63. The Labute approximate surface area is 290 Å². The van der Waals surface area contributed by atoms with Crippen LogP contribution in [0.3, 0.4) is 0 Å². The summed E-state index contributed by atoms with van der Waals surface area (Å²) in [5.41, 5.74) is -2.12. The highest BCUT2D eigenvalue weighted by molar-refractivity contribution is 14.1. The lowest BCUT2D eigenvalue weighted by molar-refractivity contribution is -0.147. The van der Waals surface area contributed by atoms with E-state index >= 15 is 8.78 Å². The fourth-order valence-electron chi connectivity index (χ4n) is 4.64. The molecule has 6 nitrogen and oxygen atoms in total. The summed E-state index contributed by atoms with van der Waals surface area (Å²) in [5, 5.41) is 4.48. The highest BCUT2D eigenvalue weighted by Crippen LogP contribution is 2.48. The zero-order valence-corrected chi connectivity index (χ0v) is 30.5. The van der Waals surface area contributed by atoms with Crippen LogP contribution in [0.2, 0.25) is 18.1 Å². The van der Waals surface area contributed by atoms with Crippen LogP contribution in [-0.4, -0.2) is 33.3 Å². The number of nitrogens with one attached hydrogen (secondary N) is 2. The number of carbonyl (C=O) groups excluding carboxylic acids is 2. The fraction of sp³-hybridized carbons (Fsp3) is 0.412. The second kappa shape index (κ2) is 14.0. The SMILES string of the molecule is Cc1cc(F)ccc1Oc1cc(C2CC2)c(C(F)(F)F)cc1C(=O)Nc1ccc(I)c(C(F)(F)C(=O)NCCO[Si](C)(C)C(C)(C)C)c1. The van der Waals surface area contributed by atoms with Gasteiger partial charge in [0.25, 0.3) is 11.8 Å². The van der Waals surface area contributed by atoms with Gasteiger partial charge in [-0.3, -0.25) is 9.59 Å². The van der Waals surface area contributed by atoms with E-state index < -0.39 is 54.7 Å². The molecule has 1 aliphatic rings. The third-order valence-corrected chi connectivity index (χ3v) is 14.1. The molecule has 0 unspecified atom stereocenters. The van der Waals surface area contributed by atoms with Gasteiger partial charge in [0.15, 0.2) is 8.32 Å². The first kappa shape index (κ1) is 37.7. The zero-order valence-electron chi connectivity index (χ0n) is 27.3. The van der Waals surface area contributed by atoms with Crippen LogP contribution in [0.5, 0.6) is 11.5 Å². The number of rotatable bonds is 11. The highest BCUT2D eigenvalue weighted by Gasteiger charge is 2.43. The van der Waals surface area contributed by atoms with Crippen molar-refractivity contribution < 1.29 is 45.1 Å². The Balaban J connectivity index is 1.61. The summed E-state index contributed by atoms with van der Waals surface area (Å²) in [6.45, 7) is 11.5. The molecule has 2 amide bonds. The smallest absolute Gasteiger partial charge is 0.416 e. The van der Waals surface area contributed by atoms with Crippen molar-refractivity contribution in [3.05, 3.63) is 85.7 Å². The van der Waals surface area contributed by atoms with E-state index in [0.29, 0.717) is 24.5 Å². The van der Waals surface area contributed by atoms with Crippen molar-refractivity contribution in [2.24, 2.45) is 0 Å². The van der Waals surface area contributed by atoms with Gasteiger partial charge in [-0.15, -0.1) is 0 Å². The standard InChI is InChI=1S/C34H37F6IN2O4Si/c1-19-15-21(35)9-12-28(19)47-29-18-23(20-7-8-20)25(34(38,39)40)17-24(29)30(44)43-22-10-11-27(41)26(16-22)33(36,37)31(45)42-13-14-46-48(5,6)32(2,3)4/h9-12,15-18,20H,7-8,13-14H2,1-6H3,(H,42,45)(H,43,44). The molecule has 3 aromatic rings. The Hall–Kier alpha value is -3.11. The molecule has 1 aliphatic carbocycles. The molecule has 2 N–H and O–H groups in total. The molecule has 260 valence electrons. The van der Waals surface area contributed by atoms with E-state index in [2.05, 4.69) is 10.6 Å². The van der Waals surface area contributed by atoms with Gasteiger partial charge in [-0.05, 0) is 126 Å². The number of halogens is 7. The Morgan fingerprint density at radius 1 is 0.938 bits per heavy atom. The molecule has 0 aromatic heterocycles. The molecule has 0 saturated heterocycles. The normalized spacial score (nSPS) is 14.1. The van der Waals surface area contributed by atoms with Gasteiger partial charge in [-0.1, -0.05) is 20.8 Å². The number of carbonyl (C=O) groups is 2. The molecule has 48 heavy (non-hydrogen) atoms. The minimum absolute atomic E-state index is 0.0206. The van der Waals surface area contributed by atoms with Crippen molar-refractivity contribution in [3.8, 4) is 11.5 Å². The maximum atomic E-state index is 15.5. The average Bonchev–Trinajstić information content (AvgIpc) is 3.82. The topological polar surface area (TPSA) is 76.7 Å². The van der Waals surface area contributed by atoms with E-state index in [9.17, 15) is 27.2 Å². The van der Waals surface area contributed by atoms with Crippen LogP contribution in [0.15, 0.2) is 48.5 Å². The molecular formula is C34H37F6IN2O4Si. The monoisotopic (exact) mass is 806 g/mol. The van der Waals surface area contributed by atoms with E-state index in [1.54, 1.807) is 22.6 Å². The van der Waals surface area contributed by atoms with Crippen LogP contribution in [0.1, 0.15) is 72.1 Å². The number of alkyl halides is 5. The van der Waals surface area contributed by atoms with Crippen LogP contribution in [-0.2, 0) is 21.3 Å². The van der Waals surface area contributed by atoms with Crippen molar-refractivity contribution in [2.45, 2.75) is 76.7 Å². The van der Waals surface area contributed by atoms with Crippen LogP contribution in [0.25, 0.3) is 0 Å². The van der Waals surface area contributed by atoms with Gasteiger partial charge in [0, 0.05) is 21.4 Å². The Kier molecular flexibility index (Phi) is 11.0. The summed E-state index contributed by atoms with van der Waals surface area (Å²) in [7, 11) is -2.16. The van der Waals surface area contributed by atoms with E-state index in [1.807, 2.05) is 33.9 Å². The lowest BCUT2D eigenvalue weighted by Gasteiger charge is -2.36. The Bertz CT molecular complexity index is 1700. The summed E-state index contributed by atoms with van der Waals surface area (Å²) in [6, 6.07) is 8.86. The summed E-state index contributed by atoms with van der Waals surface area (Å²) < 4.78 is 98.9. The predicted octanol–water partition coefficient (Wildman–Crippen LogP) is 9.91. The number of aryl methyl sites for hydroxylation is 1. The number of benzene rings is 3. The van der Waals surface area contributed by atoms with Crippen molar-refractivity contribution in [1.29, 1.82) is 0 Å². The van der Waals surface area contributed by atoms with Crippen LogP contribution in [0.4, 0.5) is 32.0 Å². The van der Waals surface area contributed by atoms with E-state index in [-0.39, 0.29) is 50.4 Å². The van der Waals surface area contributed by atoms with Gasteiger partial charge in [0.2, 0.25) is 0 Å². The average molecular weight is 807 g/mol. The van der Waals surface area contributed by atoms with Gasteiger partial charge < -0.3 is 19.8 Å². The molecule has 14 heteroatoms. The van der Waals surface area contributed by atoms with Gasteiger partial charge in [0.1, 0.15) is 17.3 Å². The lowest BCUT2D eigenvalue weighted by atomic mass is 9.98. The lowest BCUT2D eigenvalue weighted by Crippen LogP contribution is -2.44. The fourth-order valence-corrected chi connectivity index (χ4v) is 6.36. The Morgan fingerprint density at radius 3 is 2.19 bits per heavy atom. The number of ether oxygens (including phenoxy) is 1. The zero-order chi connectivity index (χ0) is 35.8. The summed E-state index contributed by atoms with van der Waals surface area (Å²) in [4.78, 5) is 26.2. The van der Waals surface area contributed by atoms with Crippen molar-refractivity contribution >= 4 is 48.4 Å². The van der Waals surface area contributed by atoms with Gasteiger partial charge in [0.05, 0.1) is 17.7 Å². The maximum Gasteiger partial charge on any atom is 0.416 e. The van der Waals surface area contributed by atoms with Crippen molar-refractivity contribution in [1.82, 2.24) is 5.32 Å².